The second-order valence-electron chi connectivity index (χ2n) is 13.7. The Morgan fingerprint density at radius 3 is 1.48 bits per heavy atom. The third kappa shape index (κ3) is 5.20. The largest absolute Gasteiger partial charge is 0.307 e. The summed E-state index contributed by atoms with van der Waals surface area (Å²) in [5.41, 5.74) is 13.0. The van der Waals surface area contributed by atoms with E-state index in [2.05, 4.69) is 116 Å². The minimum absolute atomic E-state index is 0.577. The van der Waals surface area contributed by atoms with E-state index in [9.17, 15) is 5.26 Å². The Hall–Kier alpha value is -8.24. The zero-order valence-electron chi connectivity index (χ0n) is 29.8. The van der Waals surface area contributed by atoms with Gasteiger partial charge in [0.25, 0.3) is 0 Å². The molecule has 0 spiro atoms. The molecule has 3 heterocycles. The number of hydrogen-bond acceptors (Lipinski definition) is 2. The predicted molar refractivity (Wildman–Crippen MR) is 226 cm³/mol. The molecule has 0 saturated heterocycles. The number of fused-ring (bicyclic) bond motifs is 6. The first-order chi connectivity index (χ1) is 27.6. The van der Waals surface area contributed by atoms with E-state index in [4.69, 9.17) is 18.1 Å². The molecule has 0 saturated carbocycles. The van der Waals surface area contributed by atoms with Crippen LogP contribution in [0.25, 0.3) is 98.2 Å². The van der Waals surface area contributed by atoms with Crippen molar-refractivity contribution in [3.63, 3.8) is 0 Å². The van der Waals surface area contributed by atoms with Crippen LogP contribution >= 0.6 is 0 Å². The Labute approximate surface area is 322 Å². The smallest absolute Gasteiger partial charge is 0.187 e. The van der Waals surface area contributed by atoms with E-state index in [1.165, 1.54) is 0 Å². The van der Waals surface area contributed by atoms with Gasteiger partial charge in [-0.1, -0.05) is 121 Å². The van der Waals surface area contributed by atoms with E-state index in [-0.39, 0.29) is 0 Å². The fourth-order valence-corrected chi connectivity index (χ4v) is 7.96. The van der Waals surface area contributed by atoms with Crippen LogP contribution in [0.5, 0.6) is 0 Å². The molecule has 0 radical (unpaired) electrons. The molecule has 0 unspecified atom stereocenters. The first kappa shape index (κ1) is 32.4. The number of rotatable bonds is 5. The highest BCUT2D eigenvalue weighted by molar-refractivity contribution is 6.12. The molecule has 0 aliphatic rings. The number of aromatic nitrogens is 3. The quantitative estimate of drug-likeness (QED) is 0.167. The highest BCUT2D eigenvalue weighted by Gasteiger charge is 2.20. The monoisotopic (exact) mass is 712 g/mol. The SMILES string of the molecule is [C-]#[N+]c1ccc(-c2ccc3c4ccccc4n(-c4cc(-c5ccc([N+]#[C-])cc5)c(-n5c6ccccc6c6ccc(-c7ccc(C#N)cc7)cc65)cn4)c3c2)cc1. The minimum Gasteiger partial charge on any atom is -0.307 e. The fraction of sp³-hybridized carbons (Fsp3) is 0. The van der Waals surface area contributed by atoms with Gasteiger partial charge in [0.05, 0.1) is 58.7 Å². The van der Waals surface area contributed by atoms with Crippen LogP contribution in [-0.4, -0.2) is 14.1 Å². The summed E-state index contributed by atoms with van der Waals surface area (Å²) in [7, 11) is 0. The van der Waals surface area contributed by atoms with Crippen LogP contribution in [0.3, 0.4) is 0 Å². The average molecular weight is 713 g/mol. The summed E-state index contributed by atoms with van der Waals surface area (Å²) < 4.78 is 4.53. The predicted octanol–water partition coefficient (Wildman–Crippen LogP) is 13.3. The maximum atomic E-state index is 9.41. The molecule has 0 aliphatic heterocycles. The van der Waals surface area contributed by atoms with E-state index in [1.54, 1.807) is 0 Å². The van der Waals surface area contributed by atoms with Gasteiger partial charge in [0, 0.05) is 27.1 Å². The van der Waals surface area contributed by atoms with Gasteiger partial charge >= 0.3 is 0 Å². The van der Waals surface area contributed by atoms with Gasteiger partial charge < -0.3 is 4.57 Å². The number of hydrogen-bond donors (Lipinski definition) is 0. The number of nitriles is 1. The van der Waals surface area contributed by atoms with Crippen LogP contribution in [0.2, 0.25) is 0 Å². The maximum Gasteiger partial charge on any atom is 0.187 e. The summed E-state index contributed by atoms with van der Waals surface area (Å²) in [5.74, 6) is 0.767. The lowest BCUT2D eigenvalue weighted by molar-refractivity contribution is 1.06. The van der Waals surface area contributed by atoms with Crippen molar-refractivity contribution in [2.45, 2.75) is 0 Å². The van der Waals surface area contributed by atoms with Crippen molar-refractivity contribution in [2.75, 3.05) is 0 Å². The van der Waals surface area contributed by atoms with E-state index in [0.29, 0.717) is 16.9 Å². The average Bonchev–Trinajstić information content (AvgIpc) is 3.78. The molecule has 7 aromatic carbocycles. The lowest BCUT2D eigenvalue weighted by Crippen LogP contribution is -2.03. The molecule has 0 aliphatic carbocycles. The van der Waals surface area contributed by atoms with Crippen LogP contribution in [0.15, 0.2) is 170 Å². The lowest BCUT2D eigenvalue weighted by Gasteiger charge is -2.17. The third-order valence-corrected chi connectivity index (χ3v) is 10.7. The Balaban J connectivity index is 1.24. The molecule has 258 valence electrons. The van der Waals surface area contributed by atoms with Gasteiger partial charge in [0.1, 0.15) is 5.82 Å². The number of nitrogens with zero attached hydrogens (tertiary/aromatic N) is 6. The Kier molecular flexibility index (Phi) is 7.53. The standard InChI is InChI=1S/C50H28N6/c1-52-38-21-15-34(16-22-38)37-20-26-43-41-8-4-6-10-46(41)56(48(43)28-37)50-29-44(35-17-23-39(53-2)24-18-35)49(31-54-50)55-45-9-5-3-7-40(45)42-25-19-36(27-47(42)55)33-13-11-32(30-51)12-14-33/h3-29,31H. The normalized spacial score (nSPS) is 11.2. The second-order valence-corrected chi connectivity index (χ2v) is 13.7. The number of pyridine rings is 1. The van der Waals surface area contributed by atoms with E-state index in [0.717, 1.165) is 88.5 Å². The van der Waals surface area contributed by atoms with Crippen molar-refractivity contribution in [3.8, 4) is 51.0 Å². The Morgan fingerprint density at radius 1 is 0.464 bits per heavy atom. The van der Waals surface area contributed by atoms with E-state index in [1.807, 2.05) is 79.0 Å². The van der Waals surface area contributed by atoms with E-state index < -0.39 is 0 Å². The molecule has 0 amide bonds. The zero-order chi connectivity index (χ0) is 37.8. The van der Waals surface area contributed by atoms with Crippen molar-refractivity contribution >= 4 is 55.0 Å². The van der Waals surface area contributed by atoms with Crippen molar-refractivity contribution in [1.82, 2.24) is 14.1 Å². The third-order valence-electron chi connectivity index (χ3n) is 10.7. The van der Waals surface area contributed by atoms with Gasteiger partial charge in [0.2, 0.25) is 0 Å². The molecular weight excluding hydrogens is 685 g/mol. The van der Waals surface area contributed by atoms with Crippen molar-refractivity contribution in [3.05, 3.63) is 198 Å². The molecule has 0 bridgehead atoms. The topological polar surface area (TPSA) is 55.3 Å². The van der Waals surface area contributed by atoms with Crippen molar-refractivity contribution < 1.29 is 0 Å². The van der Waals surface area contributed by atoms with Gasteiger partial charge in [-0.3, -0.25) is 4.57 Å². The van der Waals surface area contributed by atoms with Gasteiger partial charge in [-0.05, 0) is 70.3 Å². The van der Waals surface area contributed by atoms with Crippen molar-refractivity contribution in [2.24, 2.45) is 0 Å². The highest BCUT2D eigenvalue weighted by atomic mass is 15.1. The first-order valence-corrected chi connectivity index (χ1v) is 18.2. The van der Waals surface area contributed by atoms with Crippen LogP contribution < -0.4 is 0 Å². The maximum absolute atomic E-state index is 9.41. The van der Waals surface area contributed by atoms with Gasteiger partial charge in [0.15, 0.2) is 11.4 Å². The van der Waals surface area contributed by atoms with Crippen molar-refractivity contribution in [1.29, 1.82) is 5.26 Å². The summed E-state index contributed by atoms with van der Waals surface area (Å²) in [6.07, 6.45) is 1.97. The molecule has 10 rings (SSSR count). The van der Waals surface area contributed by atoms with E-state index >= 15 is 0 Å². The van der Waals surface area contributed by atoms with Crippen LogP contribution in [-0.2, 0) is 0 Å². The molecule has 56 heavy (non-hydrogen) atoms. The first-order valence-electron chi connectivity index (χ1n) is 18.2. The molecule has 10 aromatic rings. The molecule has 3 aromatic heterocycles. The lowest BCUT2D eigenvalue weighted by atomic mass is 10.0. The summed E-state index contributed by atoms with van der Waals surface area (Å²) in [4.78, 5) is 12.5. The summed E-state index contributed by atoms with van der Waals surface area (Å²) >= 11 is 0. The number of para-hydroxylation sites is 2. The molecule has 6 nitrogen and oxygen atoms in total. The second kappa shape index (κ2) is 13.0. The summed E-state index contributed by atoms with van der Waals surface area (Å²) in [6.45, 7) is 15.0. The van der Waals surface area contributed by atoms with Crippen LogP contribution in [0, 0.1) is 24.5 Å². The minimum atomic E-state index is 0.577. The fourth-order valence-electron chi connectivity index (χ4n) is 7.96. The number of benzene rings is 7. The Morgan fingerprint density at radius 2 is 0.929 bits per heavy atom. The summed E-state index contributed by atoms with van der Waals surface area (Å²) in [5, 5.41) is 13.9. The Bertz CT molecular complexity index is 3310. The molecule has 0 N–H and O–H groups in total. The summed E-state index contributed by atoms with van der Waals surface area (Å²) in [6, 6.07) is 57.5. The highest BCUT2D eigenvalue weighted by Crippen LogP contribution is 2.40. The zero-order valence-corrected chi connectivity index (χ0v) is 29.8. The molecule has 0 fully saturated rings. The van der Waals surface area contributed by atoms with Gasteiger partial charge in [-0.2, -0.15) is 5.26 Å². The molecule has 0 atom stereocenters. The molecular formula is C50H28N6. The van der Waals surface area contributed by atoms with Crippen LogP contribution in [0.1, 0.15) is 5.56 Å². The van der Waals surface area contributed by atoms with Crippen LogP contribution in [0.4, 0.5) is 11.4 Å². The molecule has 6 heteroatoms. The van der Waals surface area contributed by atoms with Gasteiger partial charge in [-0.25, -0.2) is 14.7 Å². The van der Waals surface area contributed by atoms with Gasteiger partial charge in [-0.15, -0.1) is 0 Å².